The lowest BCUT2D eigenvalue weighted by Crippen LogP contribution is -2.51. The molecular formula is C47H80N6O4. The summed E-state index contributed by atoms with van der Waals surface area (Å²) in [5, 5.41) is 0. The minimum atomic E-state index is 0.217. The zero-order chi connectivity index (χ0) is 40.2. The van der Waals surface area contributed by atoms with Crippen LogP contribution in [-0.2, 0) is 20.3 Å². The molecule has 0 atom stereocenters. The highest BCUT2D eigenvalue weighted by Gasteiger charge is 2.37. The molecule has 0 bridgehead atoms. The van der Waals surface area contributed by atoms with Gasteiger partial charge in [-0.3, -0.25) is 4.90 Å². The molecule has 5 aliphatic rings. The predicted molar refractivity (Wildman–Crippen MR) is 235 cm³/mol. The van der Waals surface area contributed by atoms with E-state index in [2.05, 4.69) is 99.9 Å². The summed E-state index contributed by atoms with van der Waals surface area (Å²) >= 11 is 0. The third kappa shape index (κ3) is 14.7. The zero-order valence-corrected chi connectivity index (χ0v) is 36.6. The number of hydrogen-bond acceptors (Lipinski definition) is 10. The van der Waals surface area contributed by atoms with Crippen molar-refractivity contribution in [1.29, 1.82) is 0 Å². The smallest absolute Gasteiger partial charge is 0.119 e. The highest BCUT2D eigenvalue weighted by molar-refractivity contribution is 5.34. The van der Waals surface area contributed by atoms with Crippen LogP contribution in [0.5, 0.6) is 11.5 Å². The topological polar surface area (TPSA) is 79.1 Å². The van der Waals surface area contributed by atoms with E-state index in [4.69, 9.17) is 18.9 Å². The molecule has 2 aromatic rings. The first-order valence-electron chi connectivity index (χ1n) is 22.6. The van der Waals surface area contributed by atoms with E-state index >= 15 is 0 Å². The summed E-state index contributed by atoms with van der Waals surface area (Å²) in [5.41, 5.74) is 7.83. The Morgan fingerprint density at radius 2 is 0.982 bits per heavy atom. The summed E-state index contributed by atoms with van der Waals surface area (Å²) in [5.74, 6) is 2.01. The summed E-state index contributed by atoms with van der Waals surface area (Å²) in [6, 6.07) is 17.9. The van der Waals surface area contributed by atoms with Crippen molar-refractivity contribution in [3.63, 3.8) is 0 Å². The summed E-state index contributed by atoms with van der Waals surface area (Å²) in [7, 11) is 8.06. The van der Waals surface area contributed by atoms with Gasteiger partial charge in [0, 0.05) is 89.6 Å². The quantitative estimate of drug-likeness (QED) is 0.206. The third-order valence-corrected chi connectivity index (χ3v) is 13.0. The van der Waals surface area contributed by atoms with Crippen LogP contribution in [0, 0.1) is 0 Å². The van der Waals surface area contributed by atoms with Gasteiger partial charge in [0.1, 0.15) is 11.5 Å². The molecule has 0 aromatic heterocycles. The maximum absolute atomic E-state index is 6.04. The van der Waals surface area contributed by atoms with Crippen LogP contribution in [0.2, 0.25) is 0 Å². The number of piperidine rings is 1. The fraction of sp³-hybridized carbons (Fsp3) is 0.745. The van der Waals surface area contributed by atoms with E-state index in [1.807, 2.05) is 0 Å². The first kappa shape index (κ1) is 45.8. The second kappa shape index (κ2) is 24.7. The van der Waals surface area contributed by atoms with Crippen LogP contribution >= 0.6 is 0 Å². The van der Waals surface area contributed by atoms with Crippen molar-refractivity contribution in [1.82, 2.24) is 24.5 Å². The molecular weight excluding hydrogens is 713 g/mol. The van der Waals surface area contributed by atoms with Gasteiger partial charge in [0.2, 0.25) is 0 Å². The van der Waals surface area contributed by atoms with E-state index in [1.165, 1.54) is 116 Å². The van der Waals surface area contributed by atoms with Gasteiger partial charge in [0.15, 0.2) is 0 Å². The van der Waals surface area contributed by atoms with Gasteiger partial charge in [-0.05, 0) is 154 Å². The van der Waals surface area contributed by atoms with Crippen molar-refractivity contribution in [2.45, 2.75) is 81.5 Å². The van der Waals surface area contributed by atoms with E-state index < -0.39 is 0 Å². The Labute approximate surface area is 347 Å². The molecule has 5 aliphatic heterocycles. The van der Waals surface area contributed by atoms with Gasteiger partial charge < -0.3 is 44.3 Å². The normalized spacial score (nSPS) is 21.9. The fourth-order valence-corrected chi connectivity index (χ4v) is 9.59. The van der Waals surface area contributed by atoms with Crippen LogP contribution in [0.3, 0.4) is 0 Å². The monoisotopic (exact) mass is 793 g/mol. The molecule has 5 saturated heterocycles. The lowest BCUT2D eigenvalue weighted by Gasteiger charge is -2.43. The van der Waals surface area contributed by atoms with Crippen molar-refractivity contribution in [3.05, 3.63) is 59.7 Å². The van der Waals surface area contributed by atoms with Gasteiger partial charge in [0.25, 0.3) is 0 Å². The second-order valence-corrected chi connectivity index (χ2v) is 17.5. The number of piperazine rings is 1. The van der Waals surface area contributed by atoms with Crippen molar-refractivity contribution in [3.8, 4) is 11.5 Å². The highest BCUT2D eigenvalue weighted by atomic mass is 16.5. The predicted octanol–water partition coefficient (Wildman–Crippen LogP) is 5.97. The standard InChI is InChI=1S/C24H39N3O2.C22H36N2O2.CH5N/c1-25-14-16-27(17-15-25)21-24(9-19-28-20-10-24)22-5-7-23(8-6-22)29-18-4-13-26-11-2-3-12-26;1-23(2)19-22(11-17-25-18-12-22)20-7-9-21(10-8-20)26-16-6-15-24-13-4-3-5-14-24;1-2/h5-8H,2-4,9-21H2,1H3;7-10H,3-6,11-19H2,1-2H3;2H2,1H3. The van der Waals surface area contributed by atoms with E-state index in [9.17, 15) is 0 Å². The van der Waals surface area contributed by atoms with Gasteiger partial charge in [-0.2, -0.15) is 0 Å². The molecule has 5 fully saturated rings. The molecule has 0 aliphatic carbocycles. The van der Waals surface area contributed by atoms with Gasteiger partial charge in [0.05, 0.1) is 13.2 Å². The van der Waals surface area contributed by atoms with E-state index in [-0.39, 0.29) is 10.8 Å². The molecule has 0 unspecified atom stereocenters. The molecule has 10 heteroatoms. The van der Waals surface area contributed by atoms with Crippen LogP contribution < -0.4 is 15.2 Å². The number of rotatable bonds is 16. The van der Waals surface area contributed by atoms with Crippen LogP contribution in [0.4, 0.5) is 0 Å². The number of hydrogen-bond donors (Lipinski definition) is 1. The number of nitrogens with zero attached hydrogens (tertiary/aromatic N) is 5. The molecule has 10 nitrogen and oxygen atoms in total. The van der Waals surface area contributed by atoms with Gasteiger partial charge in [-0.15, -0.1) is 0 Å². The first-order chi connectivity index (χ1) is 27.9. The summed E-state index contributed by atoms with van der Waals surface area (Å²) in [6.45, 7) is 19.5. The highest BCUT2D eigenvalue weighted by Crippen LogP contribution is 2.38. The third-order valence-electron chi connectivity index (χ3n) is 13.0. The molecule has 2 N–H and O–H groups in total. The Hall–Kier alpha value is -2.28. The second-order valence-electron chi connectivity index (χ2n) is 17.5. The van der Waals surface area contributed by atoms with E-state index in [0.29, 0.717) is 0 Å². The average Bonchev–Trinajstić information content (AvgIpc) is 3.78. The molecule has 2 aromatic carbocycles. The Morgan fingerprint density at radius 3 is 1.44 bits per heavy atom. The summed E-state index contributed by atoms with van der Waals surface area (Å²) in [4.78, 5) is 12.5. The Bertz CT molecular complexity index is 1330. The number of likely N-dealkylation sites (N-methyl/N-ethyl adjacent to an activating group) is 2. The van der Waals surface area contributed by atoms with Crippen molar-refractivity contribution in [2.24, 2.45) is 5.73 Å². The summed E-state index contributed by atoms with van der Waals surface area (Å²) in [6.07, 6.45) is 13.5. The molecule has 7 rings (SSSR count). The molecule has 0 radical (unpaired) electrons. The zero-order valence-electron chi connectivity index (χ0n) is 36.6. The fourth-order valence-electron chi connectivity index (χ4n) is 9.59. The largest absolute Gasteiger partial charge is 0.494 e. The van der Waals surface area contributed by atoms with Crippen LogP contribution in [0.15, 0.2) is 48.5 Å². The minimum absolute atomic E-state index is 0.217. The molecule has 322 valence electrons. The Kier molecular flexibility index (Phi) is 19.9. The van der Waals surface area contributed by atoms with Gasteiger partial charge in [-0.25, -0.2) is 0 Å². The Morgan fingerprint density at radius 1 is 0.561 bits per heavy atom. The maximum Gasteiger partial charge on any atom is 0.119 e. The molecule has 57 heavy (non-hydrogen) atoms. The van der Waals surface area contributed by atoms with Crippen LogP contribution in [0.1, 0.15) is 81.8 Å². The molecule has 5 heterocycles. The summed E-state index contributed by atoms with van der Waals surface area (Å²) < 4.78 is 23.4. The number of benzene rings is 2. The SMILES string of the molecule is CN.CN(C)CC1(c2ccc(OCCCN3CCCCC3)cc2)CCOCC1.CN1CCN(CC2(c3ccc(OCCCN4CCCC4)cc3)CCOCC2)CC1. The van der Waals surface area contributed by atoms with Gasteiger partial charge in [-0.1, -0.05) is 30.7 Å². The Balaban J connectivity index is 0.000000210. The van der Waals surface area contributed by atoms with E-state index in [1.54, 1.807) is 0 Å². The maximum atomic E-state index is 6.04. The van der Waals surface area contributed by atoms with Crippen LogP contribution in [0.25, 0.3) is 0 Å². The van der Waals surface area contributed by atoms with Crippen molar-refractivity contribution >= 4 is 0 Å². The van der Waals surface area contributed by atoms with Crippen molar-refractivity contribution in [2.75, 3.05) is 146 Å². The van der Waals surface area contributed by atoms with Crippen molar-refractivity contribution < 1.29 is 18.9 Å². The molecule has 0 saturated carbocycles. The lowest BCUT2D eigenvalue weighted by molar-refractivity contribution is 0.0261. The number of nitrogens with two attached hydrogens (primary N) is 1. The number of ether oxygens (including phenoxy) is 4. The molecule has 0 amide bonds. The number of likely N-dealkylation sites (tertiary alicyclic amines) is 2. The van der Waals surface area contributed by atoms with E-state index in [0.717, 1.165) is 103 Å². The lowest BCUT2D eigenvalue weighted by atomic mass is 9.73. The first-order valence-corrected chi connectivity index (χ1v) is 22.6. The van der Waals surface area contributed by atoms with Gasteiger partial charge >= 0.3 is 0 Å². The van der Waals surface area contributed by atoms with Crippen LogP contribution in [-0.4, -0.2) is 171 Å². The minimum Gasteiger partial charge on any atom is -0.494 e. The molecule has 0 spiro atoms. The average molecular weight is 793 g/mol.